The van der Waals surface area contributed by atoms with Crippen molar-refractivity contribution in [1.82, 2.24) is 15.1 Å². The molecule has 1 amide bonds. The molecule has 1 aromatic heterocycles. The molecule has 1 fully saturated rings. The van der Waals surface area contributed by atoms with E-state index in [1.54, 1.807) is 4.90 Å². The van der Waals surface area contributed by atoms with Crippen LogP contribution in [0.1, 0.15) is 16.7 Å². The van der Waals surface area contributed by atoms with E-state index in [-0.39, 0.29) is 12.5 Å². The minimum Gasteiger partial charge on any atom is -0.360 e. The minimum atomic E-state index is -0.552. The fourth-order valence-electron chi connectivity index (χ4n) is 1.58. The number of carbonyl (C=O) groups is 1. The normalized spacial score (nSPS) is 19.3. The number of nitrogens with one attached hydrogen (secondary N) is 1. The molecule has 0 spiro atoms. The molecule has 1 unspecified atom stereocenters. The van der Waals surface area contributed by atoms with Crippen LogP contribution in [-0.4, -0.2) is 53.3 Å². The quantitative estimate of drug-likeness (QED) is 0.849. The van der Waals surface area contributed by atoms with Gasteiger partial charge in [-0.2, -0.15) is 5.26 Å². The maximum Gasteiger partial charge on any atom is 0.285 e. The maximum absolute atomic E-state index is 12.1. The van der Waals surface area contributed by atoms with Gasteiger partial charge >= 0.3 is 0 Å². The van der Waals surface area contributed by atoms with E-state index in [0.717, 1.165) is 6.54 Å². The second-order valence-corrected chi connectivity index (χ2v) is 4.66. The number of anilines is 1. The summed E-state index contributed by atoms with van der Waals surface area (Å²) in [5, 5.41) is 20.5. The molecule has 96 valence electrons. The molecule has 0 bridgehead atoms. The predicted octanol–water partition coefficient (Wildman–Crippen LogP) is 0.334. The first-order valence-corrected chi connectivity index (χ1v) is 6.44. The third kappa shape index (κ3) is 2.75. The molecule has 1 saturated heterocycles. The van der Waals surface area contributed by atoms with Gasteiger partial charge in [0.05, 0.1) is 19.2 Å². The fraction of sp³-hybridized carbons (Fsp3) is 0.600. The van der Waals surface area contributed by atoms with Crippen LogP contribution in [0, 0.1) is 11.3 Å². The largest absolute Gasteiger partial charge is 0.360 e. The van der Waals surface area contributed by atoms with Gasteiger partial charge < -0.3 is 15.0 Å². The van der Waals surface area contributed by atoms with Gasteiger partial charge in [-0.3, -0.25) is 4.79 Å². The van der Waals surface area contributed by atoms with Gasteiger partial charge in [-0.15, -0.1) is 10.2 Å². The Balaban J connectivity index is 2.03. The molecule has 1 aliphatic rings. The van der Waals surface area contributed by atoms with Gasteiger partial charge in [0, 0.05) is 13.1 Å². The molecule has 0 saturated carbocycles. The molecule has 18 heavy (non-hydrogen) atoms. The van der Waals surface area contributed by atoms with Gasteiger partial charge in [-0.25, -0.2) is 0 Å². The smallest absolute Gasteiger partial charge is 0.285 e. The van der Waals surface area contributed by atoms with E-state index < -0.39 is 6.10 Å². The number of amides is 1. The molecule has 7 nitrogen and oxygen atoms in total. The van der Waals surface area contributed by atoms with Crippen molar-refractivity contribution in [2.24, 2.45) is 0 Å². The third-order valence-electron chi connectivity index (χ3n) is 2.43. The van der Waals surface area contributed by atoms with Crippen LogP contribution in [0.2, 0.25) is 0 Å². The Labute approximate surface area is 108 Å². The summed E-state index contributed by atoms with van der Waals surface area (Å²) in [6, 6.07) is 2.00. The third-order valence-corrected chi connectivity index (χ3v) is 3.30. The minimum absolute atomic E-state index is 0.194. The number of nitrogens with zero attached hydrogens (tertiary/aromatic N) is 4. The van der Waals surface area contributed by atoms with E-state index in [1.807, 2.05) is 13.0 Å². The molecule has 1 N–H and O–H groups in total. The highest BCUT2D eigenvalue weighted by atomic mass is 32.1. The maximum atomic E-state index is 12.1. The zero-order valence-corrected chi connectivity index (χ0v) is 10.7. The van der Waals surface area contributed by atoms with Crippen LogP contribution < -0.4 is 5.32 Å². The van der Waals surface area contributed by atoms with Gasteiger partial charge in [0.15, 0.2) is 6.10 Å². The standard InChI is InChI=1S/C10H13N5O2S/c1-2-12-10-14-13-8(18-10)9(16)15-3-4-17-7(5-11)6-15/h7H,2-4,6H2,1H3,(H,12,14). The van der Waals surface area contributed by atoms with Gasteiger partial charge in [0.25, 0.3) is 5.91 Å². The van der Waals surface area contributed by atoms with Crippen LogP contribution >= 0.6 is 11.3 Å². The number of nitriles is 1. The number of hydrogen-bond acceptors (Lipinski definition) is 7. The lowest BCUT2D eigenvalue weighted by Gasteiger charge is -2.28. The zero-order valence-electron chi connectivity index (χ0n) is 9.92. The van der Waals surface area contributed by atoms with E-state index >= 15 is 0 Å². The Hall–Kier alpha value is -1.72. The average Bonchev–Trinajstić information content (AvgIpc) is 2.87. The summed E-state index contributed by atoms with van der Waals surface area (Å²) < 4.78 is 5.19. The molecule has 2 rings (SSSR count). The van der Waals surface area contributed by atoms with Gasteiger partial charge in [0.1, 0.15) is 0 Å². The Morgan fingerprint density at radius 2 is 2.56 bits per heavy atom. The second-order valence-electron chi connectivity index (χ2n) is 3.68. The molecular formula is C10H13N5O2S. The highest BCUT2D eigenvalue weighted by Crippen LogP contribution is 2.18. The Bertz CT molecular complexity index is 469. The first-order valence-electron chi connectivity index (χ1n) is 5.62. The lowest BCUT2D eigenvalue weighted by atomic mass is 10.3. The summed E-state index contributed by atoms with van der Waals surface area (Å²) in [6.45, 7) is 3.82. The Morgan fingerprint density at radius 1 is 1.72 bits per heavy atom. The summed E-state index contributed by atoms with van der Waals surface area (Å²) in [6.07, 6.45) is -0.552. The fourth-order valence-corrected chi connectivity index (χ4v) is 2.36. The molecule has 2 heterocycles. The van der Waals surface area contributed by atoms with Crippen molar-refractivity contribution in [1.29, 1.82) is 5.26 Å². The van der Waals surface area contributed by atoms with Crippen molar-refractivity contribution in [3.63, 3.8) is 0 Å². The number of morpholine rings is 1. The number of ether oxygens (including phenoxy) is 1. The molecule has 0 aliphatic carbocycles. The monoisotopic (exact) mass is 267 g/mol. The van der Waals surface area contributed by atoms with E-state index in [2.05, 4.69) is 15.5 Å². The predicted molar refractivity (Wildman–Crippen MR) is 65.3 cm³/mol. The van der Waals surface area contributed by atoms with Gasteiger partial charge in [-0.05, 0) is 6.92 Å². The average molecular weight is 267 g/mol. The van der Waals surface area contributed by atoms with Crippen molar-refractivity contribution in [2.75, 3.05) is 31.6 Å². The molecule has 8 heteroatoms. The van der Waals surface area contributed by atoms with Gasteiger partial charge in [-0.1, -0.05) is 11.3 Å². The van der Waals surface area contributed by atoms with Crippen molar-refractivity contribution >= 4 is 22.4 Å². The van der Waals surface area contributed by atoms with Crippen LogP contribution in [-0.2, 0) is 4.74 Å². The second kappa shape index (κ2) is 5.75. The van der Waals surface area contributed by atoms with Gasteiger partial charge in [0.2, 0.25) is 10.1 Å². The van der Waals surface area contributed by atoms with Crippen molar-refractivity contribution in [2.45, 2.75) is 13.0 Å². The SMILES string of the molecule is CCNc1nnc(C(=O)N2CCOC(C#N)C2)s1. The summed E-state index contributed by atoms with van der Waals surface area (Å²) in [5.41, 5.74) is 0. The molecule has 1 aliphatic heterocycles. The van der Waals surface area contributed by atoms with E-state index in [4.69, 9.17) is 10.00 Å². The molecule has 0 radical (unpaired) electrons. The van der Waals surface area contributed by atoms with Crippen LogP contribution in [0.3, 0.4) is 0 Å². The van der Waals surface area contributed by atoms with E-state index in [0.29, 0.717) is 23.3 Å². The molecule has 1 atom stereocenters. The highest BCUT2D eigenvalue weighted by molar-refractivity contribution is 7.17. The zero-order chi connectivity index (χ0) is 13.0. The number of rotatable bonds is 3. The van der Waals surface area contributed by atoms with Crippen molar-refractivity contribution < 1.29 is 9.53 Å². The molecular weight excluding hydrogens is 254 g/mol. The number of carbonyl (C=O) groups excluding carboxylic acids is 1. The summed E-state index contributed by atoms with van der Waals surface area (Å²) >= 11 is 1.22. The number of hydrogen-bond donors (Lipinski definition) is 1. The van der Waals surface area contributed by atoms with Crippen LogP contribution in [0.15, 0.2) is 0 Å². The van der Waals surface area contributed by atoms with Crippen molar-refractivity contribution in [3.05, 3.63) is 5.01 Å². The van der Waals surface area contributed by atoms with Crippen molar-refractivity contribution in [3.8, 4) is 6.07 Å². The van der Waals surface area contributed by atoms with E-state index in [9.17, 15) is 4.79 Å². The van der Waals surface area contributed by atoms with Crippen LogP contribution in [0.5, 0.6) is 0 Å². The highest BCUT2D eigenvalue weighted by Gasteiger charge is 2.27. The summed E-state index contributed by atoms with van der Waals surface area (Å²) in [4.78, 5) is 13.7. The Morgan fingerprint density at radius 3 is 3.28 bits per heavy atom. The van der Waals surface area contributed by atoms with E-state index in [1.165, 1.54) is 11.3 Å². The Kier molecular flexibility index (Phi) is 4.07. The summed E-state index contributed by atoms with van der Waals surface area (Å²) in [7, 11) is 0. The first kappa shape index (κ1) is 12.7. The topological polar surface area (TPSA) is 91.1 Å². The molecule has 1 aromatic rings. The lowest BCUT2D eigenvalue weighted by Crippen LogP contribution is -2.45. The first-order chi connectivity index (χ1) is 8.74. The lowest BCUT2D eigenvalue weighted by molar-refractivity contribution is 0.00342. The summed E-state index contributed by atoms with van der Waals surface area (Å²) in [5.74, 6) is -0.194. The molecule has 0 aromatic carbocycles. The number of aromatic nitrogens is 2. The van der Waals surface area contributed by atoms with Crippen LogP contribution in [0.25, 0.3) is 0 Å². The van der Waals surface area contributed by atoms with Crippen LogP contribution in [0.4, 0.5) is 5.13 Å².